The summed E-state index contributed by atoms with van der Waals surface area (Å²) in [6, 6.07) is 15.6. The maximum absolute atomic E-state index is 12.5. The van der Waals surface area contributed by atoms with Gasteiger partial charge in [-0.3, -0.25) is 4.79 Å². The quantitative estimate of drug-likeness (QED) is 0.668. The molecule has 0 aromatic heterocycles. The van der Waals surface area contributed by atoms with Gasteiger partial charge in [-0.1, -0.05) is 18.6 Å². The first-order valence-corrected chi connectivity index (χ1v) is 11.3. The summed E-state index contributed by atoms with van der Waals surface area (Å²) in [4.78, 5) is 17.0. The predicted octanol–water partition coefficient (Wildman–Crippen LogP) is 4.55. The average molecular weight is 413 g/mol. The molecule has 0 N–H and O–H groups in total. The lowest BCUT2D eigenvalue weighted by atomic mass is 10.1. The third-order valence-electron chi connectivity index (χ3n) is 5.51. The van der Waals surface area contributed by atoms with E-state index in [1.807, 2.05) is 47.4 Å². The van der Waals surface area contributed by atoms with Crippen LogP contribution < -0.4 is 9.47 Å². The number of benzene rings is 2. The molecule has 5 nitrogen and oxygen atoms in total. The fraction of sp³-hybridized carbons (Fsp3) is 0.435. The molecule has 1 amide bonds. The van der Waals surface area contributed by atoms with E-state index in [4.69, 9.17) is 9.47 Å². The molecule has 2 aromatic rings. The first kappa shape index (κ1) is 20.1. The summed E-state index contributed by atoms with van der Waals surface area (Å²) in [5, 5.41) is 0.0618. The molecule has 0 radical (unpaired) electrons. The lowest BCUT2D eigenvalue weighted by Crippen LogP contribution is -2.39. The van der Waals surface area contributed by atoms with Gasteiger partial charge >= 0.3 is 0 Å². The van der Waals surface area contributed by atoms with E-state index in [0.717, 1.165) is 49.0 Å². The van der Waals surface area contributed by atoms with Crippen LogP contribution in [0.2, 0.25) is 0 Å². The maximum Gasteiger partial charge on any atom is 0.233 e. The van der Waals surface area contributed by atoms with Crippen LogP contribution in [0.4, 0.5) is 0 Å². The monoisotopic (exact) mass is 412 g/mol. The lowest BCUT2D eigenvalue weighted by Gasteiger charge is -2.30. The smallest absolute Gasteiger partial charge is 0.233 e. The molecule has 1 unspecified atom stereocenters. The van der Waals surface area contributed by atoms with Gasteiger partial charge in [0.15, 0.2) is 0 Å². The normalized spacial score (nSPS) is 20.1. The van der Waals surface area contributed by atoms with E-state index in [0.29, 0.717) is 5.75 Å². The van der Waals surface area contributed by atoms with E-state index in [1.165, 1.54) is 19.3 Å². The van der Waals surface area contributed by atoms with Crippen LogP contribution in [-0.4, -0.2) is 54.7 Å². The largest absolute Gasteiger partial charge is 0.497 e. The van der Waals surface area contributed by atoms with Crippen LogP contribution in [0.5, 0.6) is 17.2 Å². The number of methoxy groups -OCH3 is 1. The predicted molar refractivity (Wildman–Crippen MR) is 117 cm³/mol. The molecule has 2 saturated heterocycles. The molecule has 1 atom stereocenters. The van der Waals surface area contributed by atoms with Crippen LogP contribution in [0.1, 0.15) is 30.2 Å². The third kappa shape index (κ3) is 5.06. The van der Waals surface area contributed by atoms with Crippen molar-refractivity contribution in [2.24, 2.45) is 0 Å². The molecule has 4 rings (SSSR count). The Morgan fingerprint density at radius 3 is 2.48 bits per heavy atom. The summed E-state index contributed by atoms with van der Waals surface area (Å²) < 4.78 is 11.2. The van der Waals surface area contributed by atoms with Crippen molar-refractivity contribution in [2.75, 3.05) is 39.0 Å². The van der Waals surface area contributed by atoms with Crippen LogP contribution in [0.25, 0.3) is 0 Å². The number of thioether (sulfide) groups is 1. The number of hydrogen-bond acceptors (Lipinski definition) is 5. The van der Waals surface area contributed by atoms with Crippen LogP contribution in [-0.2, 0) is 4.79 Å². The van der Waals surface area contributed by atoms with Crippen molar-refractivity contribution in [3.8, 4) is 17.2 Å². The van der Waals surface area contributed by atoms with Crippen LogP contribution in [0, 0.1) is 0 Å². The zero-order valence-electron chi connectivity index (χ0n) is 16.9. The van der Waals surface area contributed by atoms with Gasteiger partial charge in [-0.05, 0) is 67.9 Å². The van der Waals surface area contributed by atoms with Crippen molar-refractivity contribution < 1.29 is 14.3 Å². The number of nitrogens with zero attached hydrogens (tertiary/aromatic N) is 2. The lowest BCUT2D eigenvalue weighted by molar-refractivity contribution is -0.128. The minimum atomic E-state index is 0.0618. The average Bonchev–Trinajstić information content (AvgIpc) is 3.14. The molecule has 29 heavy (non-hydrogen) atoms. The summed E-state index contributed by atoms with van der Waals surface area (Å²) in [5.41, 5.74) is 1.12. The Hall–Kier alpha value is -2.18. The van der Waals surface area contributed by atoms with Crippen molar-refractivity contribution in [1.82, 2.24) is 9.80 Å². The van der Waals surface area contributed by atoms with Crippen molar-refractivity contribution in [2.45, 2.75) is 24.6 Å². The second-order valence-corrected chi connectivity index (χ2v) is 8.57. The Balaban J connectivity index is 1.43. The number of amides is 1. The zero-order valence-corrected chi connectivity index (χ0v) is 17.7. The van der Waals surface area contributed by atoms with Gasteiger partial charge in [0.1, 0.15) is 22.6 Å². The molecule has 154 valence electrons. The maximum atomic E-state index is 12.5. The minimum absolute atomic E-state index is 0.0618. The second-order valence-electron chi connectivity index (χ2n) is 7.50. The number of likely N-dealkylation sites (tertiary alicyclic amines) is 1. The van der Waals surface area contributed by atoms with Gasteiger partial charge in [-0.25, -0.2) is 0 Å². The molecule has 2 aromatic carbocycles. The van der Waals surface area contributed by atoms with Gasteiger partial charge in [0.25, 0.3) is 0 Å². The van der Waals surface area contributed by atoms with E-state index in [1.54, 1.807) is 18.9 Å². The highest BCUT2D eigenvalue weighted by Crippen LogP contribution is 2.40. The molecule has 6 heteroatoms. The molecule has 0 saturated carbocycles. The fourth-order valence-electron chi connectivity index (χ4n) is 3.92. The van der Waals surface area contributed by atoms with Gasteiger partial charge in [0.2, 0.25) is 5.91 Å². The first-order valence-electron chi connectivity index (χ1n) is 10.3. The summed E-state index contributed by atoms with van der Waals surface area (Å²) >= 11 is 1.70. The summed E-state index contributed by atoms with van der Waals surface area (Å²) in [6.07, 6.45) is 3.88. The molecular weight excluding hydrogens is 384 g/mol. The number of ether oxygens (including phenoxy) is 2. The van der Waals surface area contributed by atoms with Crippen LogP contribution >= 0.6 is 11.8 Å². The van der Waals surface area contributed by atoms with Crippen LogP contribution in [0.3, 0.4) is 0 Å². The zero-order chi connectivity index (χ0) is 20.1. The number of carbonyl (C=O) groups is 1. The summed E-state index contributed by atoms with van der Waals surface area (Å²) in [6.45, 7) is 4.07. The van der Waals surface area contributed by atoms with Gasteiger partial charge < -0.3 is 19.3 Å². The molecule has 0 bridgehead atoms. The van der Waals surface area contributed by atoms with Crippen molar-refractivity contribution in [3.63, 3.8) is 0 Å². The van der Waals surface area contributed by atoms with Gasteiger partial charge in [0.05, 0.1) is 12.9 Å². The van der Waals surface area contributed by atoms with Gasteiger partial charge in [0, 0.05) is 13.1 Å². The first-order chi connectivity index (χ1) is 14.2. The molecular formula is C23H28N2O3S. The second kappa shape index (κ2) is 9.55. The number of hydrogen-bond donors (Lipinski definition) is 0. The Morgan fingerprint density at radius 2 is 1.72 bits per heavy atom. The van der Waals surface area contributed by atoms with Crippen LogP contribution in [0.15, 0.2) is 48.5 Å². The van der Waals surface area contributed by atoms with E-state index in [2.05, 4.69) is 11.0 Å². The topological polar surface area (TPSA) is 42.0 Å². The molecule has 2 heterocycles. The minimum Gasteiger partial charge on any atom is -0.497 e. The van der Waals surface area contributed by atoms with Crippen molar-refractivity contribution in [3.05, 3.63) is 54.1 Å². The van der Waals surface area contributed by atoms with E-state index in [-0.39, 0.29) is 11.3 Å². The van der Waals surface area contributed by atoms with Gasteiger partial charge in [-0.2, -0.15) is 0 Å². The summed E-state index contributed by atoms with van der Waals surface area (Å²) in [5.74, 6) is 3.13. The molecule has 0 aliphatic carbocycles. The van der Waals surface area contributed by atoms with Crippen molar-refractivity contribution in [1.29, 1.82) is 0 Å². The van der Waals surface area contributed by atoms with E-state index < -0.39 is 0 Å². The molecule has 2 fully saturated rings. The Bertz CT molecular complexity index is 821. The van der Waals surface area contributed by atoms with E-state index >= 15 is 0 Å². The van der Waals surface area contributed by atoms with Crippen molar-refractivity contribution >= 4 is 17.7 Å². The number of carbonyl (C=O) groups excluding carboxylic acids is 1. The molecule has 0 spiro atoms. The summed E-state index contributed by atoms with van der Waals surface area (Å²) in [7, 11) is 1.65. The Kier molecular flexibility index (Phi) is 6.62. The standard InChI is InChI=1S/C23H28N2O3S/c1-27-19-8-10-20(11-9-19)28-21-7-5-6-18(16-21)23-25(22(26)17-29-23)15-14-24-12-3-2-4-13-24/h5-11,16,23H,2-4,12-15,17H2,1H3. The fourth-order valence-corrected chi connectivity index (χ4v) is 5.12. The highest BCUT2D eigenvalue weighted by Gasteiger charge is 2.33. The Morgan fingerprint density at radius 1 is 0.966 bits per heavy atom. The number of rotatable bonds is 7. The highest BCUT2D eigenvalue weighted by molar-refractivity contribution is 8.00. The molecule has 2 aliphatic rings. The molecule has 2 aliphatic heterocycles. The number of piperidine rings is 1. The van der Waals surface area contributed by atoms with Gasteiger partial charge in [-0.15, -0.1) is 11.8 Å². The SMILES string of the molecule is COc1ccc(Oc2cccc(C3SCC(=O)N3CCN3CCCCC3)c2)cc1. The Labute approximate surface area is 177 Å². The highest BCUT2D eigenvalue weighted by atomic mass is 32.2. The van der Waals surface area contributed by atoms with E-state index in [9.17, 15) is 4.79 Å². The third-order valence-corrected chi connectivity index (χ3v) is 6.77.